The lowest BCUT2D eigenvalue weighted by atomic mass is 9.59. The number of anilines is 1. The standard InChI is InChI=1S/C31H29Cl2FN4O4/c32-23-13-35-14-24(33)25(23)26-22(27(42-37-26)18-1-2-18)17-41-31-8-5-30(6-9-31,7-10-31)4-3-19-11-20(29(39)40)12-36-28(19)38-15-21(34)16-38/h11-14,18,21H,1-2,5-10,15-17H2,(H,39,40). The lowest BCUT2D eigenvalue weighted by Crippen LogP contribution is -2.49. The van der Waals surface area contributed by atoms with Crippen LogP contribution < -0.4 is 4.90 Å². The molecule has 0 aromatic carbocycles. The van der Waals surface area contributed by atoms with Crippen molar-refractivity contribution in [3.63, 3.8) is 0 Å². The molecule has 5 fully saturated rings. The molecule has 0 unspecified atom stereocenters. The first-order chi connectivity index (χ1) is 20.2. The zero-order chi connectivity index (χ0) is 29.1. The predicted octanol–water partition coefficient (Wildman–Crippen LogP) is 6.83. The minimum absolute atomic E-state index is 0.0746. The van der Waals surface area contributed by atoms with E-state index in [1.54, 1.807) is 23.4 Å². The fraction of sp³-hybridized carbons (Fsp3) is 0.484. The SMILES string of the molecule is O=C(O)c1cnc(N2CC(F)C2)c(C#CC23CCC(OCc4c(-c5c(Cl)cncc5Cl)noc4C4CC4)(CC2)CC3)c1. The molecule has 0 radical (unpaired) electrons. The Morgan fingerprint density at radius 3 is 2.43 bits per heavy atom. The van der Waals surface area contributed by atoms with E-state index in [0.29, 0.717) is 45.2 Å². The Hall–Kier alpha value is -3.19. The molecule has 1 aliphatic heterocycles. The van der Waals surface area contributed by atoms with E-state index in [1.165, 1.54) is 6.20 Å². The molecule has 4 aliphatic carbocycles. The second-order valence-corrected chi connectivity index (χ2v) is 12.8. The summed E-state index contributed by atoms with van der Waals surface area (Å²) in [6.07, 6.45) is 10.9. The highest BCUT2D eigenvalue weighted by molar-refractivity contribution is 6.38. The molecule has 4 saturated carbocycles. The van der Waals surface area contributed by atoms with Crippen molar-refractivity contribution in [2.45, 2.75) is 75.7 Å². The molecule has 1 saturated heterocycles. The van der Waals surface area contributed by atoms with Gasteiger partial charge in [-0.3, -0.25) is 4.98 Å². The third-order valence-corrected chi connectivity index (χ3v) is 9.84. The van der Waals surface area contributed by atoms with Gasteiger partial charge in [0.2, 0.25) is 0 Å². The minimum atomic E-state index is -1.06. The van der Waals surface area contributed by atoms with Gasteiger partial charge in [0.05, 0.1) is 46.5 Å². The van der Waals surface area contributed by atoms with Crippen molar-refractivity contribution in [1.29, 1.82) is 0 Å². The van der Waals surface area contributed by atoms with Crippen LogP contribution in [0.15, 0.2) is 29.2 Å². The summed E-state index contributed by atoms with van der Waals surface area (Å²) in [5.41, 5.74) is 2.33. The largest absolute Gasteiger partial charge is 0.478 e. The van der Waals surface area contributed by atoms with Gasteiger partial charge in [0.15, 0.2) is 0 Å². The van der Waals surface area contributed by atoms with E-state index in [9.17, 15) is 14.3 Å². The summed E-state index contributed by atoms with van der Waals surface area (Å²) < 4.78 is 26.1. The molecule has 218 valence electrons. The van der Waals surface area contributed by atoms with Crippen LogP contribution in [0.2, 0.25) is 10.0 Å². The Bertz CT molecular complexity index is 1580. The van der Waals surface area contributed by atoms with Gasteiger partial charge >= 0.3 is 5.97 Å². The monoisotopic (exact) mass is 610 g/mol. The number of pyridine rings is 2. The Morgan fingerprint density at radius 1 is 1.12 bits per heavy atom. The highest BCUT2D eigenvalue weighted by Gasteiger charge is 2.49. The normalized spacial score (nSPS) is 25.2. The maximum atomic E-state index is 13.6. The number of fused-ring (bicyclic) bond motifs is 3. The molecule has 4 heterocycles. The molecule has 8 nitrogen and oxygen atoms in total. The summed E-state index contributed by atoms with van der Waals surface area (Å²) in [5.74, 6) is 7.44. The van der Waals surface area contributed by atoms with Crippen LogP contribution in [0.3, 0.4) is 0 Å². The van der Waals surface area contributed by atoms with Crippen molar-refractivity contribution in [2.75, 3.05) is 18.0 Å². The van der Waals surface area contributed by atoms with Gasteiger partial charge in [-0.2, -0.15) is 0 Å². The topological polar surface area (TPSA) is 102 Å². The molecule has 1 N–H and O–H groups in total. The van der Waals surface area contributed by atoms with E-state index in [4.69, 9.17) is 32.5 Å². The Kier molecular flexibility index (Phi) is 6.92. The van der Waals surface area contributed by atoms with Crippen molar-refractivity contribution in [1.82, 2.24) is 15.1 Å². The second kappa shape index (κ2) is 10.5. The lowest BCUT2D eigenvalue weighted by molar-refractivity contribution is -0.131. The molecule has 3 aromatic rings. The van der Waals surface area contributed by atoms with E-state index >= 15 is 0 Å². The van der Waals surface area contributed by atoms with Gasteiger partial charge < -0.3 is 19.3 Å². The predicted molar refractivity (Wildman–Crippen MR) is 155 cm³/mol. The molecule has 0 amide bonds. The average molecular weight is 612 g/mol. The maximum Gasteiger partial charge on any atom is 0.337 e. The average Bonchev–Trinajstić information content (AvgIpc) is 3.74. The molecule has 0 spiro atoms. The molecule has 42 heavy (non-hydrogen) atoms. The van der Waals surface area contributed by atoms with Crippen LogP contribution in [-0.2, 0) is 11.3 Å². The van der Waals surface area contributed by atoms with Gasteiger partial charge in [-0.25, -0.2) is 14.2 Å². The summed E-state index contributed by atoms with van der Waals surface area (Å²) in [4.78, 5) is 21.8. The van der Waals surface area contributed by atoms with Gasteiger partial charge in [-0.05, 0) is 57.4 Å². The van der Waals surface area contributed by atoms with E-state index in [-0.39, 0.29) is 29.7 Å². The number of ether oxygens (including phenoxy) is 1. The number of aromatic nitrogens is 3. The zero-order valence-electron chi connectivity index (χ0n) is 22.8. The number of carboxylic acid groups (broad SMARTS) is 1. The van der Waals surface area contributed by atoms with Crippen molar-refractivity contribution < 1.29 is 23.6 Å². The van der Waals surface area contributed by atoms with E-state index in [1.807, 2.05) is 0 Å². The number of aromatic carboxylic acids is 1. The zero-order valence-corrected chi connectivity index (χ0v) is 24.3. The lowest BCUT2D eigenvalue weighted by Gasteiger charge is -2.51. The van der Waals surface area contributed by atoms with Gasteiger partial charge in [0.1, 0.15) is 23.4 Å². The van der Waals surface area contributed by atoms with E-state index in [0.717, 1.165) is 62.7 Å². The number of rotatable bonds is 7. The third kappa shape index (κ3) is 5.04. The van der Waals surface area contributed by atoms with Gasteiger partial charge in [0, 0.05) is 41.1 Å². The van der Waals surface area contributed by atoms with Gasteiger partial charge in [-0.1, -0.05) is 40.2 Å². The number of hydrogen-bond acceptors (Lipinski definition) is 7. The molecular weight excluding hydrogens is 582 g/mol. The summed E-state index contributed by atoms with van der Waals surface area (Å²) in [5, 5.41) is 14.7. The number of halogens is 3. The van der Waals surface area contributed by atoms with Crippen molar-refractivity contribution in [2.24, 2.45) is 5.41 Å². The smallest absolute Gasteiger partial charge is 0.337 e. The summed E-state index contributed by atoms with van der Waals surface area (Å²) in [6.45, 7) is 0.852. The fourth-order valence-electron chi connectivity index (χ4n) is 6.46. The molecule has 5 aliphatic rings. The molecule has 8 rings (SSSR count). The second-order valence-electron chi connectivity index (χ2n) is 12.0. The van der Waals surface area contributed by atoms with Gasteiger partial charge in [-0.15, -0.1) is 0 Å². The van der Waals surface area contributed by atoms with Crippen LogP contribution in [0.1, 0.15) is 84.5 Å². The van der Waals surface area contributed by atoms with E-state index in [2.05, 4.69) is 27.0 Å². The number of alkyl halides is 1. The molecule has 0 atom stereocenters. The Morgan fingerprint density at radius 2 is 1.81 bits per heavy atom. The molecule has 11 heteroatoms. The van der Waals surface area contributed by atoms with Crippen LogP contribution in [0, 0.1) is 17.3 Å². The maximum absolute atomic E-state index is 13.6. The number of hydrogen-bond donors (Lipinski definition) is 1. The highest BCUT2D eigenvalue weighted by Crippen LogP contribution is 2.54. The van der Waals surface area contributed by atoms with Gasteiger partial charge in [0.25, 0.3) is 0 Å². The van der Waals surface area contributed by atoms with Crippen LogP contribution in [0.4, 0.5) is 10.2 Å². The number of carbonyl (C=O) groups is 1. The van der Waals surface area contributed by atoms with Crippen molar-refractivity contribution in [3.8, 4) is 23.1 Å². The highest BCUT2D eigenvalue weighted by atomic mass is 35.5. The number of carboxylic acids is 1. The van der Waals surface area contributed by atoms with Crippen LogP contribution in [0.25, 0.3) is 11.3 Å². The van der Waals surface area contributed by atoms with Crippen LogP contribution in [-0.4, -0.2) is 51.1 Å². The molecule has 2 bridgehead atoms. The summed E-state index contributed by atoms with van der Waals surface area (Å²) in [7, 11) is 0. The first-order valence-electron chi connectivity index (χ1n) is 14.3. The minimum Gasteiger partial charge on any atom is -0.478 e. The Balaban J connectivity index is 1.09. The molecule has 3 aromatic heterocycles. The van der Waals surface area contributed by atoms with Crippen molar-refractivity contribution in [3.05, 3.63) is 57.2 Å². The Labute approximate surface area is 252 Å². The number of nitrogens with zero attached hydrogens (tertiary/aromatic N) is 4. The fourth-order valence-corrected chi connectivity index (χ4v) is 7.00. The first-order valence-corrected chi connectivity index (χ1v) is 15.1. The molecular formula is C31H29Cl2FN4O4. The summed E-state index contributed by atoms with van der Waals surface area (Å²) in [6, 6.07) is 1.55. The quantitative estimate of drug-likeness (QED) is 0.290. The van der Waals surface area contributed by atoms with Crippen LogP contribution >= 0.6 is 23.2 Å². The summed E-state index contributed by atoms with van der Waals surface area (Å²) >= 11 is 12.9. The third-order valence-electron chi connectivity index (χ3n) is 9.27. The first kappa shape index (κ1) is 27.6. The van der Waals surface area contributed by atoms with Crippen LogP contribution in [0.5, 0.6) is 0 Å². The van der Waals surface area contributed by atoms with Crippen molar-refractivity contribution >= 4 is 35.0 Å². The van der Waals surface area contributed by atoms with E-state index < -0.39 is 12.1 Å².